The molecule has 0 radical (unpaired) electrons. The average Bonchev–Trinajstić information content (AvgIpc) is 2.72. The summed E-state index contributed by atoms with van der Waals surface area (Å²) in [5, 5.41) is 2.73. The highest BCUT2D eigenvalue weighted by Gasteiger charge is 2.29. The molecule has 0 saturated carbocycles. The summed E-state index contributed by atoms with van der Waals surface area (Å²) in [7, 11) is 0.415. The van der Waals surface area contributed by atoms with Gasteiger partial charge in [0.25, 0.3) is 10.0 Å². The number of carbonyl (C=O) groups excluding carboxylic acids is 1. The maximum atomic E-state index is 13.4. The molecule has 29 heavy (non-hydrogen) atoms. The van der Waals surface area contributed by atoms with Crippen LogP contribution in [0.2, 0.25) is 0 Å². The van der Waals surface area contributed by atoms with E-state index in [-0.39, 0.29) is 16.6 Å². The van der Waals surface area contributed by atoms with Crippen molar-refractivity contribution in [1.82, 2.24) is 5.32 Å². The van der Waals surface area contributed by atoms with Crippen molar-refractivity contribution in [1.29, 1.82) is 0 Å². The van der Waals surface area contributed by atoms with Crippen molar-refractivity contribution in [2.24, 2.45) is 0 Å². The lowest BCUT2D eigenvalue weighted by atomic mass is 10.3. The molecule has 0 aliphatic rings. The molecule has 1 atom stereocenters. The van der Waals surface area contributed by atoms with Crippen molar-refractivity contribution in [2.75, 3.05) is 38.8 Å². The Morgan fingerprint density at radius 1 is 1.03 bits per heavy atom. The lowest BCUT2D eigenvalue weighted by molar-refractivity contribution is -0.120. The van der Waals surface area contributed by atoms with E-state index in [9.17, 15) is 13.2 Å². The number of hydrogen-bond acceptors (Lipinski definition) is 6. The number of amides is 1. The van der Waals surface area contributed by atoms with Crippen LogP contribution in [0, 0.1) is 0 Å². The maximum Gasteiger partial charge on any atom is 0.264 e. The van der Waals surface area contributed by atoms with Crippen LogP contribution in [0.1, 0.15) is 6.92 Å². The first-order valence-corrected chi connectivity index (χ1v) is 10.4. The van der Waals surface area contributed by atoms with E-state index in [1.165, 1.54) is 33.5 Å². The molecule has 0 saturated heterocycles. The molecule has 1 N–H and O–H groups in total. The number of methoxy groups -OCH3 is 3. The van der Waals surface area contributed by atoms with E-state index < -0.39 is 22.5 Å². The van der Waals surface area contributed by atoms with Crippen LogP contribution in [0.3, 0.4) is 0 Å². The van der Waals surface area contributed by atoms with E-state index >= 15 is 0 Å². The molecular weight excluding hydrogens is 396 g/mol. The molecule has 8 nitrogen and oxygen atoms in total. The molecule has 9 heteroatoms. The number of nitrogens with zero attached hydrogens (tertiary/aromatic N) is 1. The maximum absolute atomic E-state index is 13.4. The monoisotopic (exact) mass is 422 g/mol. The number of anilines is 1. The smallest absolute Gasteiger partial charge is 0.264 e. The van der Waals surface area contributed by atoms with Crippen molar-refractivity contribution in [3.63, 3.8) is 0 Å². The third-order valence-electron chi connectivity index (χ3n) is 4.11. The molecular formula is C20H26N2O6S. The third-order valence-corrected chi connectivity index (χ3v) is 5.89. The van der Waals surface area contributed by atoms with Crippen molar-refractivity contribution < 1.29 is 27.4 Å². The first-order chi connectivity index (χ1) is 13.8. The second-order valence-corrected chi connectivity index (χ2v) is 8.15. The van der Waals surface area contributed by atoms with E-state index in [0.717, 1.165) is 4.31 Å². The van der Waals surface area contributed by atoms with E-state index in [1.807, 2.05) is 0 Å². The summed E-state index contributed by atoms with van der Waals surface area (Å²) in [5.74, 6) is 0.402. The number of carbonyl (C=O) groups is 1. The van der Waals surface area contributed by atoms with Crippen LogP contribution in [0.15, 0.2) is 53.4 Å². The molecule has 2 aromatic rings. The minimum absolute atomic E-state index is 0.0296. The zero-order chi connectivity index (χ0) is 21.4. The Hall–Kier alpha value is -2.78. The zero-order valence-corrected chi connectivity index (χ0v) is 17.7. The minimum Gasteiger partial charge on any atom is -0.497 e. The predicted octanol–water partition coefficient (Wildman–Crippen LogP) is 2.05. The van der Waals surface area contributed by atoms with Gasteiger partial charge in [0.1, 0.15) is 18.0 Å². The average molecular weight is 423 g/mol. The van der Waals surface area contributed by atoms with E-state index in [4.69, 9.17) is 14.2 Å². The highest BCUT2D eigenvalue weighted by atomic mass is 32.2. The fourth-order valence-electron chi connectivity index (χ4n) is 2.75. The predicted molar refractivity (Wildman–Crippen MR) is 110 cm³/mol. The summed E-state index contributed by atoms with van der Waals surface area (Å²) in [4.78, 5) is 12.6. The van der Waals surface area contributed by atoms with Crippen LogP contribution in [-0.4, -0.2) is 54.8 Å². The standard InChI is InChI=1S/C20H26N2O6S/c1-15(14-26-2)21-20(23)13-22(18-7-5-6-8-19(18)28-4)29(24,25)17-11-9-16(27-3)10-12-17/h5-12,15H,13-14H2,1-4H3,(H,21,23)/t15-/m1/s1. The van der Waals surface area contributed by atoms with Crippen LogP contribution in [-0.2, 0) is 19.6 Å². The van der Waals surface area contributed by atoms with Gasteiger partial charge in [-0.25, -0.2) is 8.42 Å². The second kappa shape index (κ2) is 10.1. The fraction of sp³-hybridized carbons (Fsp3) is 0.350. The van der Waals surface area contributed by atoms with Crippen molar-refractivity contribution >= 4 is 21.6 Å². The first kappa shape index (κ1) is 22.5. The molecule has 0 spiro atoms. The van der Waals surface area contributed by atoms with Gasteiger partial charge < -0.3 is 19.5 Å². The van der Waals surface area contributed by atoms with Gasteiger partial charge in [-0.3, -0.25) is 9.10 Å². The van der Waals surface area contributed by atoms with E-state index in [0.29, 0.717) is 18.1 Å². The van der Waals surface area contributed by atoms with Gasteiger partial charge in [0.2, 0.25) is 5.91 Å². The van der Waals surface area contributed by atoms with Gasteiger partial charge >= 0.3 is 0 Å². The number of rotatable bonds is 10. The SMILES string of the molecule is COC[C@@H](C)NC(=O)CN(c1ccccc1OC)S(=O)(=O)c1ccc(OC)cc1. The second-order valence-electron chi connectivity index (χ2n) is 6.28. The summed E-state index contributed by atoms with van der Waals surface area (Å²) < 4.78 is 43.2. The molecule has 0 bridgehead atoms. The molecule has 158 valence electrons. The van der Waals surface area contributed by atoms with Gasteiger partial charge in [-0.05, 0) is 43.3 Å². The van der Waals surface area contributed by atoms with Gasteiger partial charge in [-0.2, -0.15) is 0 Å². The largest absolute Gasteiger partial charge is 0.497 e. The molecule has 2 rings (SSSR count). The molecule has 2 aromatic carbocycles. The topological polar surface area (TPSA) is 94.2 Å². The van der Waals surface area contributed by atoms with Crippen LogP contribution in [0.4, 0.5) is 5.69 Å². The number of hydrogen-bond donors (Lipinski definition) is 1. The quantitative estimate of drug-likeness (QED) is 0.630. The summed E-state index contributed by atoms with van der Waals surface area (Å²) in [6.07, 6.45) is 0. The molecule has 0 fully saturated rings. The highest BCUT2D eigenvalue weighted by molar-refractivity contribution is 7.92. The molecule has 0 unspecified atom stereocenters. The van der Waals surface area contributed by atoms with Gasteiger partial charge in [0, 0.05) is 13.2 Å². The Labute approximate surface area is 171 Å². The Balaban J connectivity index is 2.44. The van der Waals surface area contributed by atoms with Gasteiger partial charge in [-0.1, -0.05) is 12.1 Å². The molecule has 0 heterocycles. The number of para-hydroxylation sites is 2. The fourth-order valence-corrected chi connectivity index (χ4v) is 4.18. The van der Waals surface area contributed by atoms with Crippen molar-refractivity contribution in [3.05, 3.63) is 48.5 Å². The number of ether oxygens (including phenoxy) is 3. The number of benzene rings is 2. The highest BCUT2D eigenvalue weighted by Crippen LogP contribution is 2.32. The lowest BCUT2D eigenvalue weighted by Crippen LogP contribution is -2.44. The van der Waals surface area contributed by atoms with Crippen molar-refractivity contribution in [3.8, 4) is 11.5 Å². The molecule has 0 aliphatic carbocycles. The Kier molecular flexibility index (Phi) is 7.86. The molecule has 0 aliphatic heterocycles. The van der Waals surface area contributed by atoms with Gasteiger partial charge in [0.05, 0.1) is 31.4 Å². The number of nitrogens with one attached hydrogen (secondary N) is 1. The Morgan fingerprint density at radius 3 is 2.28 bits per heavy atom. The van der Waals surface area contributed by atoms with E-state index in [1.54, 1.807) is 43.3 Å². The Bertz CT molecular complexity index is 915. The van der Waals surface area contributed by atoms with Gasteiger partial charge in [-0.15, -0.1) is 0 Å². The van der Waals surface area contributed by atoms with Crippen LogP contribution >= 0.6 is 0 Å². The normalized spacial score (nSPS) is 12.1. The van der Waals surface area contributed by atoms with Gasteiger partial charge in [0.15, 0.2) is 0 Å². The molecule has 1 amide bonds. The summed E-state index contributed by atoms with van der Waals surface area (Å²) in [5.41, 5.74) is 0.264. The summed E-state index contributed by atoms with van der Waals surface area (Å²) in [6.45, 7) is 1.67. The van der Waals surface area contributed by atoms with E-state index in [2.05, 4.69) is 5.32 Å². The summed E-state index contributed by atoms with van der Waals surface area (Å²) >= 11 is 0. The first-order valence-electron chi connectivity index (χ1n) is 8.91. The minimum atomic E-state index is -4.05. The van der Waals surface area contributed by atoms with Crippen LogP contribution < -0.4 is 19.1 Å². The third kappa shape index (κ3) is 5.61. The lowest BCUT2D eigenvalue weighted by Gasteiger charge is -2.26. The zero-order valence-electron chi connectivity index (χ0n) is 16.9. The summed E-state index contributed by atoms with van der Waals surface area (Å²) in [6, 6.07) is 12.3. The molecule has 0 aromatic heterocycles. The van der Waals surface area contributed by atoms with Crippen LogP contribution in [0.5, 0.6) is 11.5 Å². The number of sulfonamides is 1. The van der Waals surface area contributed by atoms with Crippen LogP contribution in [0.25, 0.3) is 0 Å². The Morgan fingerprint density at radius 2 is 1.69 bits per heavy atom. The van der Waals surface area contributed by atoms with Crippen molar-refractivity contribution in [2.45, 2.75) is 17.9 Å².